The number of carbonyl (C=O) groups excluding carboxylic acids is 4. The summed E-state index contributed by atoms with van der Waals surface area (Å²) in [6.45, 7) is 4.00. The fourth-order valence-corrected chi connectivity index (χ4v) is 3.33. The molecule has 0 saturated carbocycles. The molecule has 5 heteroatoms. The quantitative estimate of drug-likeness (QED) is 0.130. The minimum atomic E-state index is -0.459. The van der Waals surface area contributed by atoms with Gasteiger partial charge in [-0.3, -0.25) is 19.2 Å². The van der Waals surface area contributed by atoms with Crippen molar-refractivity contribution >= 4 is 23.8 Å². The third-order valence-electron chi connectivity index (χ3n) is 5.06. The number of ketones is 2. The molecule has 0 saturated heterocycles. The summed E-state index contributed by atoms with van der Waals surface area (Å²) in [6, 6.07) is 11.0. The van der Waals surface area contributed by atoms with Crippen LogP contribution in [0, 0.1) is 0 Å². The van der Waals surface area contributed by atoms with Crippen molar-refractivity contribution in [3.05, 3.63) is 64.7 Å². The lowest BCUT2D eigenvalue weighted by molar-refractivity contribution is -0.134. The standard InChI is InChI=1S/C26H30O5/c1-3-5-6-7-8-14-23(28)19-15-16-24(31-25(29)11-4-2)22(17-19)26(30)21-13-10-9-12-20(21)18-27/h9-10,12-13,15-18H,3-8,11,14H2,1-2H3. The van der Waals surface area contributed by atoms with Gasteiger partial charge in [-0.2, -0.15) is 0 Å². The molecule has 0 aromatic heterocycles. The number of hydrogen-bond donors (Lipinski definition) is 0. The van der Waals surface area contributed by atoms with Crippen LogP contribution in [0.5, 0.6) is 5.75 Å². The molecular formula is C26H30O5. The molecule has 0 bridgehead atoms. The second-order valence-corrected chi connectivity index (χ2v) is 7.56. The van der Waals surface area contributed by atoms with Crippen LogP contribution in [0.4, 0.5) is 0 Å². The Morgan fingerprint density at radius 2 is 1.58 bits per heavy atom. The summed E-state index contributed by atoms with van der Waals surface area (Å²) >= 11 is 0. The lowest BCUT2D eigenvalue weighted by atomic mass is 9.95. The van der Waals surface area contributed by atoms with Crippen LogP contribution in [0.2, 0.25) is 0 Å². The fraction of sp³-hybridized carbons (Fsp3) is 0.385. The average molecular weight is 423 g/mol. The highest BCUT2D eigenvalue weighted by Crippen LogP contribution is 2.26. The van der Waals surface area contributed by atoms with Crippen LogP contribution in [0.1, 0.15) is 102 Å². The van der Waals surface area contributed by atoms with E-state index in [-0.39, 0.29) is 34.6 Å². The number of ether oxygens (including phenoxy) is 1. The van der Waals surface area contributed by atoms with Gasteiger partial charge in [-0.15, -0.1) is 0 Å². The minimum absolute atomic E-state index is 0.0549. The van der Waals surface area contributed by atoms with Crippen molar-refractivity contribution in [1.82, 2.24) is 0 Å². The maximum absolute atomic E-state index is 13.2. The Balaban J connectivity index is 2.33. The maximum atomic E-state index is 13.2. The maximum Gasteiger partial charge on any atom is 0.311 e. The van der Waals surface area contributed by atoms with Crippen LogP contribution in [-0.2, 0) is 4.79 Å². The van der Waals surface area contributed by atoms with E-state index < -0.39 is 11.8 Å². The SMILES string of the molecule is CCCCCCCC(=O)c1ccc(OC(=O)CCC)c(C(=O)c2ccccc2C=O)c1. The highest BCUT2D eigenvalue weighted by molar-refractivity contribution is 6.15. The van der Waals surface area contributed by atoms with E-state index in [1.165, 1.54) is 12.1 Å². The number of benzene rings is 2. The normalized spacial score (nSPS) is 10.5. The van der Waals surface area contributed by atoms with Gasteiger partial charge in [-0.05, 0) is 31.0 Å². The lowest BCUT2D eigenvalue weighted by Crippen LogP contribution is -2.13. The molecule has 0 aliphatic rings. The van der Waals surface area contributed by atoms with Crippen molar-refractivity contribution in [1.29, 1.82) is 0 Å². The lowest BCUT2D eigenvalue weighted by Gasteiger charge is -2.12. The van der Waals surface area contributed by atoms with Gasteiger partial charge >= 0.3 is 5.97 Å². The zero-order valence-corrected chi connectivity index (χ0v) is 18.3. The Morgan fingerprint density at radius 1 is 0.839 bits per heavy atom. The summed E-state index contributed by atoms with van der Waals surface area (Å²) in [5.74, 6) is -0.862. The van der Waals surface area contributed by atoms with Crippen LogP contribution in [0.15, 0.2) is 42.5 Å². The Kier molecular flexibility index (Phi) is 9.82. The number of aldehydes is 1. The minimum Gasteiger partial charge on any atom is -0.426 e. The second kappa shape index (κ2) is 12.6. The van der Waals surface area contributed by atoms with Crippen LogP contribution in [0.25, 0.3) is 0 Å². The van der Waals surface area contributed by atoms with E-state index in [0.29, 0.717) is 24.7 Å². The first-order valence-corrected chi connectivity index (χ1v) is 11.0. The molecule has 0 amide bonds. The number of rotatable bonds is 13. The molecule has 31 heavy (non-hydrogen) atoms. The molecule has 2 rings (SSSR count). The van der Waals surface area contributed by atoms with Crippen molar-refractivity contribution in [3.8, 4) is 5.75 Å². The third-order valence-corrected chi connectivity index (χ3v) is 5.06. The summed E-state index contributed by atoms with van der Waals surface area (Å²) in [4.78, 5) is 49.3. The largest absolute Gasteiger partial charge is 0.426 e. The van der Waals surface area contributed by atoms with Crippen molar-refractivity contribution in [2.45, 2.75) is 65.2 Å². The van der Waals surface area contributed by atoms with Gasteiger partial charge in [0.05, 0.1) is 5.56 Å². The van der Waals surface area contributed by atoms with E-state index in [1.807, 2.05) is 6.92 Å². The highest BCUT2D eigenvalue weighted by atomic mass is 16.5. The molecule has 0 aliphatic carbocycles. The van der Waals surface area contributed by atoms with Crippen LogP contribution < -0.4 is 4.74 Å². The molecule has 0 heterocycles. The molecule has 0 spiro atoms. The van der Waals surface area contributed by atoms with Crippen LogP contribution in [0.3, 0.4) is 0 Å². The molecule has 0 aliphatic heterocycles. The van der Waals surface area contributed by atoms with E-state index >= 15 is 0 Å². The van der Waals surface area contributed by atoms with Gasteiger partial charge in [0.1, 0.15) is 5.75 Å². The molecule has 2 aromatic carbocycles. The molecule has 0 fully saturated rings. The van der Waals surface area contributed by atoms with Gasteiger partial charge < -0.3 is 4.74 Å². The molecule has 5 nitrogen and oxygen atoms in total. The van der Waals surface area contributed by atoms with Crippen LogP contribution >= 0.6 is 0 Å². The van der Waals surface area contributed by atoms with Crippen LogP contribution in [-0.4, -0.2) is 23.8 Å². The Morgan fingerprint density at radius 3 is 2.29 bits per heavy atom. The van der Waals surface area contributed by atoms with Gasteiger partial charge in [0.2, 0.25) is 0 Å². The number of esters is 1. The van der Waals surface area contributed by atoms with E-state index in [4.69, 9.17) is 4.74 Å². The number of unbranched alkanes of at least 4 members (excludes halogenated alkanes) is 4. The summed E-state index contributed by atoms with van der Waals surface area (Å²) in [5.41, 5.74) is 0.953. The Labute approximate surface area is 183 Å². The third kappa shape index (κ3) is 6.99. The fourth-order valence-electron chi connectivity index (χ4n) is 3.33. The van der Waals surface area contributed by atoms with Gasteiger partial charge in [-0.1, -0.05) is 63.8 Å². The second-order valence-electron chi connectivity index (χ2n) is 7.56. The summed E-state index contributed by atoms with van der Waals surface area (Å²) in [5, 5.41) is 0. The average Bonchev–Trinajstić information content (AvgIpc) is 2.78. The first-order chi connectivity index (χ1) is 15.0. The molecular weight excluding hydrogens is 392 g/mol. The smallest absolute Gasteiger partial charge is 0.311 e. The first kappa shape index (κ1) is 24.2. The molecule has 0 atom stereocenters. The van der Waals surface area contributed by atoms with Gasteiger partial charge in [0, 0.05) is 29.5 Å². The summed E-state index contributed by atoms with van der Waals surface area (Å²) in [7, 11) is 0. The highest BCUT2D eigenvalue weighted by Gasteiger charge is 2.21. The molecule has 164 valence electrons. The molecule has 0 radical (unpaired) electrons. The number of carbonyl (C=O) groups is 4. The molecule has 2 aromatic rings. The summed E-state index contributed by atoms with van der Waals surface area (Å²) < 4.78 is 5.40. The van der Waals surface area contributed by atoms with E-state index in [2.05, 4.69) is 6.92 Å². The topological polar surface area (TPSA) is 77.5 Å². The summed E-state index contributed by atoms with van der Waals surface area (Å²) in [6.07, 6.45) is 7.03. The predicted octanol–water partition coefficient (Wildman–Crippen LogP) is 5.98. The monoisotopic (exact) mass is 422 g/mol. The predicted molar refractivity (Wildman–Crippen MR) is 120 cm³/mol. The van der Waals surface area contributed by atoms with E-state index in [9.17, 15) is 19.2 Å². The number of Topliss-reactive ketones (excluding diaryl/α,β-unsaturated/α-hetero) is 1. The molecule has 0 unspecified atom stereocenters. The zero-order valence-electron chi connectivity index (χ0n) is 18.3. The van der Waals surface area contributed by atoms with Gasteiger partial charge in [0.15, 0.2) is 17.9 Å². The first-order valence-electron chi connectivity index (χ1n) is 11.0. The van der Waals surface area contributed by atoms with Gasteiger partial charge in [0.25, 0.3) is 0 Å². The van der Waals surface area contributed by atoms with E-state index in [0.717, 1.165) is 32.1 Å². The Bertz CT molecular complexity index is 929. The van der Waals surface area contributed by atoms with Gasteiger partial charge in [-0.25, -0.2) is 0 Å². The van der Waals surface area contributed by atoms with Crippen molar-refractivity contribution in [2.24, 2.45) is 0 Å². The van der Waals surface area contributed by atoms with Crippen molar-refractivity contribution in [2.75, 3.05) is 0 Å². The number of hydrogen-bond acceptors (Lipinski definition) is 5. The zero-order chi connectivity index (χ0) is 22.6. The molecule has 0 N–H and O–H groups in total. The Hall–Kier alpha value is -3.08. The van der Waals surface area contributed by atoms with Crippen molar-refractivity contribution < 1.29 is 23.9 Å². The van der Waals surface area contributed by atoms with E-state index in [1.54, 1.807) is 30.3 Å². The van der Waals surface area contributed by atoms with Crippen molar-refractivity contribution in [3.63, 3.8) is 0 Å².